The third-order valence-electron chi connectivity index (χ3n) is 2.49. The van der Waals surface area contributed by atoms with E-state index in [4.69, 9.17) is 14.2 Å². The highest BCUT2D eigenvalue weighted by Crippen LogP contribution is 2.34. The second-order valence-electron chi connectivity index (χ2n) is 3.67. The van der Waals surface area contributed by atoms with Gasteiger partial charge in [0, 0.05) is 24.6 Å². The zero-order valence-corrected chi connectivity index (χ0v) is 11.6. The first-order valence-corrected chi connectivity index (χ1v) is 5.87. The van der Waals surface area contributed by atoms with E-state index >= 15 is 0 Å². The van der Waals surface area contributed by atoms with Gasteiger partial charge in [-0.2, -0.15) is 12.6 Å². The number of hydrogen-bond donors (Lipinski definition) is 1. The van der Waals surface area contributed by atoms with Crippen LogP contribution in [0.3, 0.4) is 0 Å². The van der Waals surface area contributed by atoms with Crippen LogP contribution in [0.25, 0.3) is 0 Å². The van der Waals surface area contributed by atoms with E-state index in [0.29, 0.717) is 12.4 Å². The first-order chi connectivity index (χ1) is 8.15. The molecule has 0 amide bonds. The van der Waals surface area contributed by atoms with E-state index in [1.807, 2.05) is 19.2 Å². The predicted octanol–water partition coefficient (Wildman–Crippen LogP) is 2.03. The molecule has 0 bridgehead atoms. The first kappa shape index (κ1) is 14.0. The lowest BCUT2D eigenvalue weighted by atomic mass is 10.1. The Kier molecular flexibility index (Phi) is 5.44. The average molecular weight is 257 g/mol. The second-order valence-corrected chi connectivity index (χ2v) is 3.95. The highest BCUT2D eigenvalue weighted by molar-refractivity contribution is 7.80. The molecule has 0 aliphatic rings. The van der Waals surface area contributed by atoms with Gasteiger partial charge in [-0.1, -0.05) is 0 Å². The van der Waals surface area contributed by atoms with E-state index in [2.05, 4.69) is 17.5 Å². The SMILES string of the molecule is COc1cc(OC)c(CN(C)CS)c(OC)c1. The lowest BCUT2D eigenvalue weighted by molar-refractivity contribution is 0.336. The van der Waals surface area contributed by atoms with Gasteiger partial charge in [0.2, 0.25) is 0 Å². The summed E-state index contributed by atoms with van der Waals surface area (Å²) in [6.45, 7) is 0.708. The molecule has 4 nitrogen and oxygen atoms in total. The molecule has 0 atom stereocenters. The van der Waals surface area contributed by atoms with E-state index in [0.717, 1.165) is 22.8 Å². The number of hydrogen-bond acceptors (Lipinski definition) is 5. The Morgan fingerprint density at radius 2 is 1.59 bits per heavy atom. The largest absolute Gasteiger partial charge is 0.496 e. The summed E-state index contributed by atoms with van der Waals surface area (Å²) in [7, 11) is 6.88. The van der Waals surface area contributed by atoms with Crippen LogP contribution in [0.5, 0.6) is 17.2 Å². The molecule has 0 unspecified atom stereocenters. The van der Waals surface area contributed by atoms with Crippen molar-refractivity contribution in [1.82, 2.24) is 4.90 Å². The maximum atomic E-state index is 5.36. The van der Waals surface area contributed by atoms with Crippen LogP contribution in [0.2, 0.25) is 0 Å². The lowest BCUT2D eigenvalue weighted by Crippen LogP contribution is -2.16. The van der Waals surface area contributed by atoms with Gasteiger partial charge >= 0.3 is 0 Å². The topological polar surface area (TPSA) is 30.9 Å². The molecule has 1 rings (SSSR count). The fraction of sp³-hybridized carbons (Fsp3) is 0.500. The van der Waals surface area contributed by atoms with Crippen LogP contribution in [0.4, 0.5) is 0 Å². The summed E-state index contributed by atoms with van der Waals surface area (Å²) >= 11 is 4.23. The van der Waals surface area contributed by atoms with E-state index in [-0.39, 0.29) is 0 Å². The second kappa shape index (κ2) is 6.61. The van der Waals surface area contributed by atoms with Gasteiger partial charge in [0.05, 0.1) is 26.9 Å². The quantitative estimate of drug-likeness (QED) is 0.624. The van der Waals surface area contributed by atoms with Crippen molar-refractivity contribution in [3.8, 4) is 17.2 Å². The van der Waals surface area contributed by atoms with E-state index < -0.39 is 0 Å². The molecule has 0 spiro atoms. The summed E-state index contributed by atoms with van der Waals surface area (Å²) < 4.78 is 15.9. The van der Waals surface area contributed by atoms with Crippen molar-refractivity contribution in [2.75, 3.05) is 34.3 Å². The minimum absolute atomic E-state index is 0.665. The number of rotatable bonds is 6. The molecular weight excluding hydrogens is 238 g/mol. The minimum Gasteiger partial charge on any atom is -0.496 e. The molecule has 17 heavy (non-hydrogen) atoms. The minimum atomic E-state index is 0.665. The number of thiol groups is 1. The van der Waals surface area contributed by atoms with Gasteiger partial charge in [-0.3, -0.25) is 4.90 Å². The third kappa shape index (κ3) is 3.44. The molecule has 1 aromatic rings. The van der Waals surface area contributed by atoms with Crippen LogP contribution >= 0.6 is 12.6 Å². The third-order valence-corrected chi connectivity index (χ3v) is 2.97. The first-order valence-electron chi connectivity index (χ1n) is 5.24. The summed E-state index contributed by atoms with van der Waals surface area (Å²) in [5.74, 6) is 2.90. The van der Waals surface area contributed by atoms with Crippen molar-refractivity contribution in [2.24, 2.45) is 0 Å². The normalized spacial score (nSPS) is 10.5. The number of methoxy groups -OCH3 is 3. The fourth-order valence-electron chi connectivity index (χ4n) is 1.55. The fourth-order valence-corrected chi connectivity index (χ4v) is 1.65. The Hall–Kier alpha value is -1.07. The molecule has 0 heterocycles. The van der Waals surface area contributed by atoms with Crippen molar-refractivity contribution in [1.29, 1.82) is 0 Å². The van der Waals surface area contributed by atoms with Crippen LogP contribution in [0.15, 0.2) is 12.1 Å². The molecule has 0 aliphatic carbocycles. The summed E-state index contributed by atoms with van der Waals surface area (Å²) in [5, 5.41) is 0. The molecule has 0 saturated carbocycles. The van der Waals surface area contributed by atoms with Crippen LogP contribution in [-0.2, 0) is 6.54 Å². The maximum Gasteiger partial charge on any atom is 0.130 e. The predicted molar refractivity (Wildman–Crippen MR) is 71.4 cm³/mol. The van der Waals surface area contributed by atoms with Gasteiger partial charge in [0.1, 0.15) is 17.2 Å². The molecule has 0 aromatic heterocycles. The van der Waals surface area contributed by atoms with Crippen LogP contribution in [0, 0.1) is 0 Å². The smallest absolute Gasteiger partial charge is 0.130 e. The standard InChI is InChI=1S/C12H19NO3S/c1-13(8-17)7-10-11(15-3)5-9(14-2)6-12(10)16-4/h5-6,17H,7-8H2,1-4H3. The Bertz CT molecular complexity index is 346. The number of ether oxygens (including phenoxy) is 3. The average Bonchev–Trinajstić information content (AvgIpc) is 2.38. The summed E-state index contributed by atoms with van der Waals surface area (Å²) in [4.78, 5) is 2.05. The van der Waals surface area contributed by atoms with Crippen molar-refractivity contribution < 1.29 is 14.2 Å². The molecule has 96 valence electrons. The summed E-state index contributed by atoms with van der Waals surface area (Å²) in [6, 6.07) is 3.70. The van der Waals surface area contributed by atoms with Crippen molar-refractivity contribution in [3.05, 3.63) is 17.7 Å². The van der Waals surface area contributed by atoms with Gasteiger partial charge in [0.15, 0.2) is 0 Å². The van der Waals surface area contributed by atoms with Gasteiger partial charge in [-0.05, 0) is 7.05 Å². The molecule has 0 radical (unpaired) electrons. The summed E-state index contributed by atoms with van der Waals surface area (Å²) in [5.41, 5.74) is 0.993. The van der Waals surface area contributed by atoms with Crippen LogP contribution in [0.1, 0.15) is 5.56 Å². The maximum absolute atomic E-state index is 5.36. The molecule has 0 saturated heterocycles. The van der Waals surface area contributed by atoms with Crippen molar-refractivity contribution in [3.63, 3.8) is 0 Å². The van der Waals surface area contributed by atoms with Gasteiger partial charge in [-0.25, -0.2) is 0 Å². The van der Waals surface area contributed by atoms with Gasteiger partial charge in [-0.15, -0.1) is 0 Å². The van der Waals surface area contributed by atoms with E-state index in [9.17, 15) is 0 Å². The van der Waals surface area contributed by atoms with E-state index in [1.165, 1.54) is 0 Å². The van der Waals surface area contributed by atoms with Crippen LogP contribution < -0.4 is 14.2 Å². The van der Waals surface area contributed by atoms with E-state index in [1.54, 1.807) is 21.3 Å². The molecule has 0 fully saturated rings. The van der Waals surface area contributed by atoms with Crippen molar-refractivity contribution in [2.45, 2.75) is 6.54 Å². The van der Waals surface area contributed by atoms with Gasteiger partial charge < -0.3 is 14.2 Å². The molecule has 1 aromatic carbocycles. The Morgan fingerprint density at radius 3 is 1.94 bits per heavy atom. The highest BCUT2D eigenvalue weighted by atomic mass is 32.1. The van der Waals surface area contributed by atoms with Crippen LogP contribution in [-0.4, -0.2) is 39.2 Å². The number of benzene rings is 1. The monoisotopic (exact) mass is 257 g/mol. The Balaban J connectivity index is 3.15. The zero-order valence-electron chi connectivity index (χ0n) is 10.7. The number of nitrogens with zero attached hydrogens (tertiary/aromatic N) is 1. The summed E-state index contributed by atoms with van der Waals surface area (Å²) in [6.07, 6.45) is 0. The zero-order chi connectivity index (χ0) is 12.8. The lowest BCUT2D eigenvalue weighted by Gasteiger charge is -2.19. The molecular formula is C12H19NO3S. The molecule has 0 aliphatic heterocycles. The molecule has 0 N–H and O–H groups in total. The molecule has 5 heteroatoms. The van der Waals surface area contributed by atoms with Crippen molar-refractivity contribution >= 4 is 12.6 Å². The van der Waals surface area contributed by atoms with Gasteiger partial charge in [0.25, 0.3) is 0 Å². The Morgan fingerprint density at radius 1 is 1.06 bits per heavy atom. The Labute approximate surface area is 108 Å². The highest BCUT2D eigenvalue weighted by Gasteiger charge is 2.14.